The minimum Gasteiger partial charge on any atom is -0.480 e. The lowest BCUT2D eigenvalue weighted by Crippen LogP contribution is -2.43. The molecule has 1 heterocycles. The van der Waals surface area contributed by atoms with Crippen molar-refractivity contribution in [3.05, 3.63) is 36.0 Å². The van der Waals surface area contributed by atoms with E-state index in [4.69, 9.17) is 10.8 Å². The van der Waals surface area contributed by atoms with Crippen LogP contribution in [0.25, 0.3) is 10.9 Å². The number of carbonyl (C=O) groups excluding carboxylic acids is 2. The number of para-hydroxylation sites is 1. The number of aromatic nitrogens is 1. The van der Waals surface area contributed by atoms with Crippen LogP contribution in [-0.2, 0) is 14.4 Å². The number of nitrogens with zero attached hydrogens (tertiary/aromatic N) is 1. The molecule has 0 aliphatic rings. The van der Waals surface area contributed by atoms with Gasteiger partial charge >= 0.3 is 5.97 Å². The zero-order chi connectivity index (χ0) is 17.4. The van der Waals surface area contributed by atoms with E-state index in [1.165, 1.54) is 16.5 Å². The molecule has 0 aliphatic heterocycles. The van der Waals surface area contributed by atoms with E-state index in [2.05, 4.69) is 30.1 Å². The molecule has 0 saturated carbocycles. The Balaban J connectivity index is 0.000000235. The van der Waals surface area contributed by atoms with Crippen LogP contribution < -0.4 is 5.73 Å². The zero-order valence-corrected chi connectivity index (χ0v) is 13.2. The van der Waals surface area contributed by atoms with Gasteiger partial charge in [0.25, 0.3) is 0 Å². The molecule has 4 N–H and O–H groups in total. The number of fused-ring (bicyclic) bond motifs is 1. The number of hydrogen-bond acceptors (Lipinski definition) is 4. The molecule has 1 aromatic carbocycles. The minimum atomic E-state index is -1.23. The Hall–Kier alpha value is -2.67. The molecule has 0 atom stereocenters. The third kappa shape index (κ3) is 5.23. The standard InChI is InChI=1S/C9H9N.C7H12N2O4/c1-7-6-10-9-5-3-2-4-8(7)9;1-2-5(10)9(4-7(12)13)6(11)3-8/h2-6,10H,1H3;2-4,8H2,1H3,(H,12,13). The summed E-state index contributed by atoms with van der Waals surface area (Å²) < 4.78 is 0. The highest BCUT2D eigenvalue weighted by molar-refractivity contribution is 5.98. The summed E-state index contributed by atoms with van der Waals surface area (Å²) in [5, 5.41) is 9.71. The number of carboxylic acid groups (broad SMARTS) is 1. The van der Waals surface area contributed by atoms with Crippen molar-refractivity contribution in [2.45, 2.75) is 20.3 Å². The number of carboxylic acids is 1. The number of nitrogens with two attached hydrogens (primary N) is 1. The van der Waals surface area contributed by atoms with Crippen LogP contribution in [0.3, 0.4) is 0 Å². The maximum atomic E-state index is 11.0. The van der Waals surface area contributed by atoms with Gasteiger partial charge in [-0.2, -0.15) is 0 Å². The van der Waals surface area contributed by atoms with Crippen LogP contribution in [0.4, 0.5) is 0 Å². The number of nitrogens with one attached hydrogen (secondary N) is 1. The van der Waals surface area contributed by atoms with Crippen molar-refractivity contribution in [2.24, 2.45) is 5.73 Å². The van der Waals surface area contributed by atoms with E-state index in [9.17, 15) is 14.4 Å². The second kappa shape index (κ2) is 8.70. The Bertz CT molecular complexity index is 677. The van der Waals surface area contributed by atoms with Gasteiger partial charge in [-0.05, 0) is 18.6 Å². The minimum absolute atomic E-state index is 0.0824. The van der Waals surface area contributed by atoms with Gasteiger partial charge in [0.15, 0.2) is 0 Å². The summed E-state index contributed by atoms with van der Waals surface area (Å²) in [5.74, 6) is -2.43. The van der Waals surface area contributed by atoms with Crippen molar-refractivity contribution >= 4 is 28.7 Å². The quantitative estimate of drug-likeness (QED) is 0.784. The first-order valence-corrected chi connectivity index (χ1v) is 7.18. The first-order valence-electron chi connectivity index (χ1n) is 7.18. The molecule has 0 aliphatic carbocycles. The predicted octanol–water partition coefficient (Wildman–Crippen LogP) is 1.27. The van der Waals surface area contributed by atoms with E-state index in [1.54, 1.807) is 6.92 Å². The molecule has 2 aromatic rings. The van der Waals surface area contributed by atoms with E-state index in [0.29, 0.717) is 4.90 Å². The number of benzene rings is 1. The van der Waals surface area contributed by atoms with Gasteiger partial charge in [-0.3, -0.25) is 19.3 Å². The summed E-state index contributed by atoms with van der Waals surface area (Å²) >= 11 is 0. The highest BCUT2D eigenvalue weighted by atomic mass is 16.4. The molecule has 7 heteroatoms. The summed E-state index contributed by atoms with van der Waals surface area (Å²) in [6.45, 7) is 2.67. The number of H-pyrrole nitrogens is 1. The van der Waals surface area contributed by atoms with Gasteiger partial charge in [-0.1, -0.05) is 25.1 Å². The number of aryl methyl sites for hydroxylation is 1. The number of hydrogen-bond donors (Lipinski definition) is 3. The lowest BCUT2D eigenvalue weighted by molar-refractivity contribution is -0.151. The molecule has 124 valence electrons. The van der Waals surface area contributed by atoms with E-state index in [1.807, 2.05) is 12.3 Å². The maximum Gasteiger partial charge on any atom is 0.323 e. The van der Waals surface area contributed by atoms with Crippen molar-refractivity contribution in [3.8, 4) is 0 Å². The zero-order valence-electron chi connectivity index (χ0n) is 13.2. The SMILES string of the molecule is CCC(=O)N(CC(=O)O)C(=O)CN.Cc1c[nH]c2ccccc12. The second-order valence-corrected chi connectivity index (χ2v) is 4.84. The molecule has 7 nitrogen and oxygen atoms in total. The third-order valence-corrected chi connectivity index (χ3v) is 3.17. The third-order valence-electron chi connectivity index (χ3n) is 3.17. The summed E-state index contributed by atoms with van der Waals surface area (Å²) in [6, 6.07) is 8.31. The van der Waals surface area contributed by atoms with Crippen LogP contribution in [0, 0.1) is 6.92 Å². The highest BCUT2D eigenvalue weighted by Gasteiger charge is 2.20. The normalized spacial score (nSPS) is 9.87. The van der Waals surface area contributed by atoms with E-state index < -0.39 is 24.3 Å². The smallest absolute Gasteiger partial charge is 0.323 e. The van der Waals surface area contributed by atoms with Crippen LogP contribution in [-0.4, -0.2) is 45.9 Å². The molecule has 2 rings (SSSR count). The molecule has 0 saturated heterocycles. The number of imide groups is 1. The summed E-state index contributed by atoms with van der Waals surface area (Å²) in [4.78, 5) is 36.1. The van der Waals surface area contributed by atoms with Crippen molar-refractivity contribution in [2.75, 3.05) is 13.1 Å². The Morgan fingerprint density at radius 1 is 1.22 bits per heavy atom. The van der Waals surface area contributed by atoms with Crippen molar-refractivity contribution < 1.29 is 19.5 Å². The highest BCUT2D eigenvalue weighted by Crippen LogP contribution is 2.15. The van der Waals surface area contributed by atoms with Gasteiger partial charge in [0.2, 0.25) is 11.8 Å². The van der Waals surface area contributed by atoms with Crippen LogP contribution in [0.2, 0.25) is 0 Å². The number of rotatable bonds is 4. The fraction of sp³-hybridized carbons (Fsp3) is 0.312. The fourth-order valence-corrected chi connectivity index (χ4v) is 1.97. The molecular formula is C16H21N3O4. The molecule has 1 aromatic heterocycles. The van der Waals surface area contributed by atoms with Crippen LogP contribution in [0.5, 0.6) is 0 Å². The van der Waals surface area contributed by atoms with Crippen LogP contribution in [0.1, 0.15) is 18.9 Å². The van der Waals surface area contributed by atoms with E-state index in [-0.39, 0.29) is 13.0 Å². The van der Waals surface area contributed by atoms with Gasteiger partial charge in [0, 0.05) is 23.5 Å². The average Bonchev–Trinajstić information content (AvgIpc) is 2.93. The number of aliphatic carboxylic acids is 1. The van der Waals surface area contributed by atoms with Crippen molar-refractivity contribution in [3.63, 3.8) is 0 Å². The second-order valence-electron chi connectivity index (χ2n) is 4.84. The van der Waals surface area contributed by atoms with Gasteiger partial charge in [-0.15, -0.1) is 0 Å². The summed E-state index contributed by atoms with van der Waals surface area (Å²) in [5.41, 5.74) is 7.54. The van der Waals surface area contributed by atoms with Crippen molar-refractivity contribution in [1.82, 2.24) is 9.88 Å². The van der Waals surface area contributed by atoms with Crippen LogP contribution in [0.15, 0.2) is 30.5 Å². The number of carbonyl (C=O) groups is 3. The largest absolute Gasteiger partial charge is 0.480 e. The predicted molar refractivity (Wildman–Crippen MR) is 86.7 cm³/mol. The van der Waals surface area contributed by atoms with Gasteiger partial charge in [0.05, 0.1) is 6.54 Å². The Kier molecular flexibility index (Phi) is 6.95. The van der Waals surface area contributed by atoms with Gasteiger partial charge < -0.3 is 15.8 Å². The maximum absolute atomic E-state index is 11.0. The lowest BCUT2D eigenvalue weighted by Gasteiger charge is -2.16. The first kappa shape index (κ1) is 18.4. The molecule has 0 unspecified atom stereocenters. The van der Waals surface area contributed by atoms with E-state index in [0.717, 1.165) is 0 Å². The number of amides is 2. The molecule has 2 amide bonds. The van der Waals surface area contributed by atoms with Crippen molar-refractivity contribution in [1.29, 1.82) is 0 Å². The van der Waals surface area contributed by atoms with E-state index >= 15 is 0 Å². The van der Waals surface area contributed by atoms with Gasteiger partial charge in [0.1, 0.15) is 6.54 Å². The Labute approximate surface area is 134 Å². The molecule has 0 spiro atoms. The number of aromatic amines is 1. The lowest BCUT2D eigenvalue weighted by atomic mass is 10.2. The molecule has 0 bridgehead atoms. The van der Waals surface area contributed by atoms with Crippen LogP contribution >= 0.6 is 0 Å². The summed E-state index contributed by atoms with van der Waals surface area (Å²) in [7, 11) is 0. The fourth-order valence-electron chi connectivity index (χ4n) is 1.97. The first-order chi connectivity index (χ1) is 10.9. The average molecular weight is 319 g/mol. The Morgan fingerprint density at radius 3 is 2.39 bits per heavy atom. The molecular weight excluding hydrogens is 298 g/mol. The van der Waals surface area contributed by atoms with Gasteiger partial charge in [-0.25, -0.2) is 0 Å². The Morgan fingerprint density at radius 2 is 1.87 bits per heavy atom. The molecule has 0 radical (unpaired) electrons. The topological polar surface area (TPSA) is 116 Å². The monoisotopic (exact) mass is 319 g/mol. The molecule has 23 heavy (non-hydrogen) atoms. The summed E-state index contributed by atoms with van der Waals surface area (Å²) in [6.07, 6.45) is 2.11. The molecule has 0 fully saturated rings.